The zero-order valence-electron chi connectivity index (χ0n) is 10.9. The molecular formula is C12H24N2O2S. The van der Waals surface area contributed by atoms with E-state index in [-0.39, 0.29) is 5.25 Å². The quantitative estimate of drug-likeness (QED) is 0.780. The van der Waals surface area contributed by atoms with Gasteiger partial charge in [-0.25, -0.2) is 12.7 Å². The number of nitrogens with zero attached hydrogens (tertiary/aromatic N) is 1. The van der Waals surface area contributed by atoms with Crippen LogP contribution in [0.25, 0.3) is 0 Å². The SMILES string of the molecule is CCC1CCN(S(=O)(=O)C(C)CNC2CC2)C1. The van der Waals surface area contributed by atoms with Gasteiger partial charge in [0.2, 0.25) is 10.0 Å². The lowest BCUT2D eigenvalue weighted by Crippen LogP contribution is -2.41. The summed E-state index contributed by atoms with van der Waals surface area (Å²) < 4.78 is 26.3. The smallest absolute Gasteiger partial charge is 0.217 e. The predicted molar refractivity (Wildman–Crippen MR) is 69.4 cm³/mol. The summed E-state index contributed by atoms with van der Waals surface area (Å²) in [5, 5.41) is 3.01. The minimum Gasteiger partial charge on any atom is -0.313 e. The second-order valence-electron chi connectivity index (χ2n) is 5.46. The van der Waals surface area contributed by atoms with E-state index >= 15 is 0 Å². The molecule has 2 unspecified atom stereocenters. The number of hydrogen-bond donors (Lipinski definition) is 1. The lowest BCUT2D eigenvalue weighted by atomic mass is 10.1. The summed E-state index contributed by atoms with van der Waals surface area (Å²) in [6.07, 6.45) is 4.52. The molecule has 100 valence electrons. The summed E-state index contributed by atoms with van der Waals surface area (Å²) >= 11 is 0. The van der Waals surface area contributed by atoms with E-state index in [9.17, 15) is 8.42 Å². The Morgan fingerprint density at radius 2 is 2.06 bits per heavy atom. The van der Waals surface area contributed by atoms with Crippen molar-refractivity contribution in [2.75, 3.05) is 19.6 Å². The van der Waals surface area contributed by atoms with Gasteiger partial charge >= 0.3 is 0 Å². The molecule has 0 spiro atoms. The van der Waals surface area contributed by atoms with E-state index in [1.807, 2.05) is 6.92 Å². The third-order valence-electron chi connectivity index (χ3n) is 3.97. The molecule has 2 aliphatic rings. The zero-order chi connectivity index (χ0) is 12.5. The number of sulfonamides is 1. The molecule has 5 heteroatoms. The van der Waals surface area contributed by atoms with Gasteiger partial charge in [-0.1, -0.05) is 13.3 Å². The average Bonchev–Trinajstić information content (AvgIpc) is 3.00. The van der Waals surface area contributed by atoms with Crippen molar-refractivity contribution in [2.24, 2.45) is 5.92 Å². The molecule has 1 saturated carbocycles. The van der Waals surface area contributed by atoms with Crippen LogP contribution in [0.5, 0.6) is 0 Å². The maximum Gasteiger partial charge on any atom is 0.217 e. The Morgan fingerprint density at radius 3 is 2.59 bits per heavy atom. The monoisotopic (exact) mass is 260 g/mol. The Balaban J connectivity index is 1.87. The first-order chi connectivity index (χ1) is 8.04. The molecule has 0 aromatic heterocycles. The highest BCUT2D eigenvalue weighted by atomic mass is 32.2. The first-order valence-corrected chi connectivity index (χ1v) is 8.26. The molecule has 2 fully saturated rings. The maximum absolute atomic E-state index is 12.3. The largest absolute Gasteiger partial charge is 0.313 e. The molecule has 17 heavy (non-hydrogen) atoms. The second kappa shape index (κ2) is 5.24. The van der Waals surface area contributed by atoms with Gasteiger partial charge in [-0.15, -0.1) is 0 Å². The van der Waals surface area contributed by atoms with Crippen molar-refractivity contribution in [2.45, 2.75) is 50.8 Å². The van der Waals surface area contributed by atoms with Gasteiger partial charge < -0.3 is 5.32 Å². The normalized spacial score (nSPS) is 28.5. The van der Waals surface area contributed by atoms with Crippen LogP contribution in [0.15, 0.2) is 0 Å². The third-order valence-corrected chi connectivity index (χ3v) is 6.20. The second-order valence-corrected chi connectivity index (χ2v) is 7.81. The van der Waals surface area contributed by atoms with Crippen LogP contribution < -0.4 is 5.32 Å². The third kappa shape index (κ3) is 3.20. The summed E-state index contributed by atoms with van der Waals surface area (Å²) in [5.74, 6) is 0.563. The molecule has 1 aliphatic carbocycles. The highest BCUT2D eigenvalue weighted by Crippen LogP contribution is 2.24. The number of hydrogen-bond acceptors (Lipinski definition) is 3. The van der Waals surface area contributed by atoms with Crippen molar-refractivity contribution in [3.8, 4) is 0 Å². The van der Waals surface area contributed by atoms with E-state index in [1.54, 1.807) is 4.31 Å². The van der Waals surface area contributed by atoms with Crippen LogP contribution in [0.3, 0.4) is 0 Å². The topological polar surface area (TPSA) is 49.4 Å². The van der Waals surface area contributed by atoms with Crippen LogP contribution in [0.4, 0.5) is 0 Å². The average molecular weight is 260 g/mol. The van der Waals surface area contributed by atoms with Gasteiger partial charge in [-0.3, -0.25) is 0 Å². The molecule has 0 radical (unpaired) electrons. The Morgan fingerprint density at radius 1 is 1.35 bits per heavy atom. The molecule has 1 aliphatic heterocycles. The fourth-order valence-electron chi connectivity index (χ4n) is 2.34. The van der Waals surface area contributed by atoms with Gasteiger partial charge in [-0.05, 0) is 32.1 Å². The van der Waals surface area contributed by atoms with Crippen molar-refractivity contribution in [3.05, 3.63) is 0 Å². The van der Waals surface area contributed by atoms with Crippen LogP contribution in [-0.4, -0.2) is 43.6 Å². The molecule has 0 aromatic rings. The minimum atomic E-state index is -3.08. The van der Waals surface area contributed by atoms with Crippen LogP contribution in [-0.2, 0) is 10.0 Å². The first kappa shape index (κ1) is 13.3. The number of rotatable bonds is 6. The molecular weight excluding hydrogens is 236 g/mol. The molecule has 2 rings (SSSR count). The Hall–Kier alpha value is -0.130. The van der Waals surface area contributed by atoms with E-state index in [4.69, 9.17) is 0 Å². The molecule has 1 saturated heterocycles. The molecule has 2 atom stereocenters. The first-order valence-electron chi connectivity index (χ1n) is 6.76. The van der Waals surface area contributed by atoms with E-state index in [0.29, 0.717) is 25.0 Å². The van der Waals surface area contributed by atoms with E-state index in [1.165, 1.54) is 12.8 Å². The van der Waals surface area contributed by atoms with Crippen molar-refractivity contribution in [3.63, 3.8) is 0 Å². The van der Waals surface area contributed by atoms with Gasteiger partial charge in [0.15, 0.2) is 0 Å². The van der Waals surface area contributed by atoms with Crippen LogP contribution in [0, 0.1) is 5.92 Å². The molecule has 4 nitrogen and oxygen atoms in total. The van der Waals surface area contributed by atoms with Gasteiger partial charge in [0.25, 0.3) is 0 Å². The van der Waals surface area contributed by atoms with Crippen LogP contribution in [0.1, 0.15) is 39.5 Å². The standard InChI is InChI=1S/C12H24N2O2S/c1-3-11-6-7-14(9-11)17(15,16)10(2)8-13-12-4-5-12/h10-13H,3-9H2,1-2H3. The van der Waals surface area contributed by atoms with Crippen molar-refractivity contribution in [1.29, 1.82) is 0 Å². The molecule has 1 N–H and O–H groups in total. The summed E-state index contributed by atoms with van der Waals surface area (Å²) in [6, 6.07) is 0.578. The van der Waals surface area contributed by atoms with Gasteiger partial charge in [0.1, 0.15) is 0 Å². The van der Waals surface area contributed by atoms with Gasteiger partial charge in [0, 0.05) is 25.7 Å². The Labute approximate surface area is 105 Å². The van der Waals surface area contributed by atoms with Crippen LogP contribution >= 0.6 is 0 Å². The van der Waals surface area contributed by atoms with Gasteiger partial charge in [0.05, 0.1) is 5.25 Å². The van der Waals surface area contributed by atoms with Crippen molar-refractivity contribution >= 4 is 10.0 Å². The highest BCUT2D eigenvalue weighted by molar-refractivity contribution is 7.89. The lowest BCUT2D eigenvalue weighted by molar-refractivity contribution is 0.442. The molecule has 0 bridgehead atoms. The fourth-order valence-corrected chi connectivity index (χ4v) is 3.94. The van der Waals surface area contributed by atoms with Crippen molar-refractivity contribution in [1.82, 2.24) is 9.62 Å². The molecule has 1 heterocycles. The van der Waals surface area contributed by atoms with Gasteiger partial charge in [-0.2, -0.15) is 0 Å². The van der Waals surface area contributed by atoms with E-state index < -0.39 is 10.0 Å². The predicted octanol–water partition coefficient (Wildman–Crippen LogP) is 1.19. The molecule has 0 amide bonds. The fraction of sp³-hybridized carbons (Fsp3) is 1.00. The summed E-state index contributed by atoms with van der Waals surface area (Å²) in [7, 11) is -3.08. The van der Waals surface area contributed by atoms with E-state index in [0.717, 1.165) is 19.4 Å². The minimum absolute atomic E-state index is 0.293. The Bertz CT molecular complexity index is 352. The zero-order valence-corrected chi connectivity index (χ0v) is 11.7. The summed E-state index contributed by atoms with van der Waals surface area (Å²) in [4.78, 5) is 0. The van der Waals surface area contributed by atoms with Crippen LogP contribution in [0.2, 0.25) is 0 Å². The number of nitrogens with one attached hydrogen (secondary N) is 1. The lowest BCUT2D eigenvalue weighted by Gasteiger charge is -2.21. The van der Waals surface area contributed by atoms with Crippen molar-refractivity contribution < 1.29 is 8.42 Å². The summed E-state index contributed by atoms with van der Waals surface area (Å²) in [5.41, 5.74) is 0. The molecule has 0 aromatic carbocycles. The highest BCUT2D eigenvalue weighted by Gasteiger charge is 2.34. The summed E-state index contributed by atoms with van der Waals surface area (Å²) in [6.45, 7) is 6.00. The Kier molecular flexibility index (Phi) is 4.10. The maximum atomic E-state index is 12.3. The van der Waals surface area contributed by atoms with E-state index in [2.05, 4.69) is 12.2 Å².